The second kappa shape index (κ2) is 3.02. The van der Waals surface area contributed by atoms with E-state index in [9.17, 15) is 0 Å². The number of hydrogen-bond acceptors (Lipinski definition) is 2. The van der Waals surface area contributed by atoms with Crippen molar-refractivity contribution in [2.45, 2.75) is 31.8 Å². The van der Waals surface area contributed by atoms with E-state index in [1.807, 2.05) is 6.07 Å². The highest BCUT2D eigenvalue weighted by Crippen LogP contribution is 2.38. The molecule has 1 aromatic rings. The van der Waals surface area contributed by atoms with Crippen molar-refractivity contribution in [3.8, 4) is 5.88 Å². The summed E-state index contributed by atoms with van der Waals surface area (Å²) in [4.78, 5) is 0. The van der Waals surface area contributed by atoms with Crippen LogP contribution in [0.15, 0.2) is 12.1 Å². The summed E-state index contributed by atoms with van der Waals surface area (Å²) in [6.45, 7) is 1.77. The highest BCUT2D eigenvalue weighted by atomic mass is 16.5. The summed E-state index contributed by atoms with van der Waals surface area (Å²) in [6, 6.07) is 4.36. The molecule has 1 aliphatic heterocycles. The number of ether oxygens (including phenoxy) is 1. The van der Waals surface area contributed by atoms with Crippen molar-refractivity contribution in [3.63, 3.8) is 0 Å². The zero-order valence-electron chi connectivity index (χ0n) is 8.28. The standard InChI is InChI=1S/C11H16N2O/c12-9(7-8-1-2-8)10-3-4-11-13(10)5-6-14-11/h3-4,8-9H,1-2,5-7,12H2. The molecule has 1 aliphatic carbocycles. The summed E-state index contributed by atoms with van der Waals surface area (Å²) >= 11 is 0. The van der Waals surface area contributed by atoms with Crippen molar-refractivity contribution in [1.29, 1.82) is 0 Å². The second-order valence-corrected chi connectivity index (χ2v) is 4.38. The van der Waals surface area contributed by atoms with Crippen LogP contribution >= 0.6 is 0 Å². The van der Waals surface area contributed by atoms with E-state index in [4.69, 9.17) is 10.5 Å². The van der Waals surface area contributed by atoms with Crippen LogP contribution in [0.25, 0.3) is 0 Å². The molecule has 3 heteroatoms. The van der Waals surface area contributed by atoms with Gasteiger partial charge >= 0.3 is 0 Å². The lowest BCUT2D eigenvalue weighted by molar-refractivity contribution is 0.357. The van der Waals surface area contributed by atoms with Crippen molar-refractivity contribution in [3.05, 3.63) is 17.8 Å². The van der Waals surface area contributed by atoms with E-state index in [1.165, 1.54) is 18.5 Å². The molecular weight excluding hydrogens is 176 g/mol. The molecule has 0 amide bonds. The Hall–Kier alpha value is -0.960. The van der Waals surface area contributed by atoms with Crippen LogP contribution < -0.4 is 10.5 Å². The first kappa shape index (κ1) is 8.36. The van der Waals surface area contributed by atoms with Gasteiger partial charge in [0, 0.05) is 17.8 Å². The Kier molecular flexibility index (Phi) is 1.80. The maximum Gasteiger partial charge on any atom is 0.193 e. The molecule has 1 unspecified atom stereocenters. The number of aromatic nitrogens is 1. The van der Waals surface area contributed by atoms with Crippen LogP contribution in [0.3, 0.4) is 0 Å². The number of hydrogen-bond donors (Lipinski definition) is 1. The van der Waals surface area contributed by atoms with Crippen molar-refractivity contribution in [2.24, 2.45) is 11.7 Å². The normalized spacial score (nSPS) is 21.8. The fourth-order valence-corrected chi connectivity index (χ4v) is 2.23. The molecule has 14 heavy (non-hydrogen) atoms. The third-order valence-electron chi connectivity index (χ3n) is 3.20. The number of fused-ring (bicyclic) bond motifs is 1. The smallest absolute Gasteiger partial charge is 0.193 e. The molecule has 0 radical (unpaired) electrons. The lowest BCUT2D eigenvalue weighted by Gasteiger charge is -2.12. The Labute approximate surface area is 83.8 Å². The van der Waals surface area contributed by atoms with E-state index in [0.29, 0.717) is 0 Å². The first-order valence-corrected chi connectivity index (χ1v) is 5.42. The fraction of sp³-hybridized carbons (Fsp3) is 0.636. The highest BCUT2D eigenvalue weighted by molar-refractivity contribution is 5.25. The minimum Gasteiger partial charge on any atom is -0.477 e. The minimum absolute atomic E-state index is 0.206. The molecule has 1 aromatic heterocycles. The summed E-state index contributed by atoms with van der Waals surface area (Å²) in [5.41, 5.74) is 7.43. The van der Waals surface area contributed by atoms with Crippen molar-refractivity contribution < 1.29 is 4.74 Å². The molecule has 2 N–H and O–H groups in total. The predicted molar refractivity (Wildman–Crippen MR) is 54.2 cm³/mol. The van der Waals surface area contributed by atoms with Crippen LogP contribution in [0.1, 0.15) is 31.0 Å². The van der Waals surface area contributed by atoms with Crippen LogP contribution in [0, 0.1) is 5.92 Å². The Morgan fingerprint density at radius 1 is 1.50 bits per heavy atom. The van der Waals surface area contributed by atoms with Gasteiger partial charge in [0.15, 0.2) is 5.88 Å². The Bertz CT molecular complexity index is 341. The van der Waals surface area contributed by atoms with Crippen LogP contribution in [-0.2, 0) is 6.54 Å². The average Bonchev–Trinajstić information content (AvgIpc) is 2.72. The van der Waals surface area contributed by atoms with E-state index in [1.54, 1.807) is 0 Å². The van der Waals surface area contributed by atoms with E-state index in [2.05, 4.69) is 10.6 Å². The molecule has 1 fully saturated rings. The molecule has 1 saturated carbocycles. The van der Waals surface area contributed by atoms with Gasteiger partial charge in [-0.3, -0.25) is 0 Å². The molecule has 2 heterocycles. The third kappa shape index (κ3) is 1.32. The average molecular weight is 192 g/mol. The Morgan fingerprint density at radius 3 is 3.14 bits per heavy atom. The van der Waals surface area contributed by atoms with Gasteiger partial charge in [-0.2, -0.15) is 0 Å². The molecule has 3 rings (SSSR count). The largest absolute Gasteiger partial charge is 0.477 e. The number of nitrogens with zero attached hydrogens (tertiary/aromatic N) is 1. The molecule has 1 atom stereocenters. The van der Waals surface area contributed by atoms with Crippen molar-refractivity contribution in [2.75, 3.05) is 6.61 Å². The number of rotatable bonds is 3. The SMILES string of the molecule is NC(CC1CC1)c1ccc2n1CCO2. The van der Waals surface area contributed by atoms with Gasteiger partial charge in [-0.25, -0.2) is 0 Å². The number of nitrogens with two attached hydrogens (primary N) is 1. The topological polar surface area (TPSA) is 40.2 Å². The highest BCUT2D eigenvalue weighted by Gasteiger charge is 2.27. The maximum atomic E-state index is 6.18. The zero-order valence-corrected chi connectivity index (χ0v) is 8.28. The van der Waals surface area contributed by atoms with Gasteiger partial charge in [-0.05, 0) is 18.4 Å². The van der Waals surface area contributed by atoms with E-state index >= 15 is 0 Å². The maximum absolute atomic E-state index is 6.18. The zero-order chi connectivity index (χ0) is 9.54. The quantitative estimate of drug-likeness (QED) is 0.791. The van der Waals surface area contributed by atoms with Gasteiger partial charge in [0.2, 0.25) is 0 Å². The molecule has 76 valence electrons. The third-order valence-corrected chi connectivity index (χ3v) is 3.20. The fourth-order valence-electron chi connectivity index (χ4n) is 2.23. The van der Waals surface area contributed by atoms with Crippen LogP contribution in [-0.4, -0.2) is 11.2 Å². The van der Waals surface area contributed by atoms with Gasteiger partial charge in [-0.1, -0.05) is 12.8 Å². The lowest BCUT2D eigenvalue weighted by Crippen LogP contribution is -2.15. The Morgan fingerprint density at radius 2 is 2.36 bits per heavy atom. The summed E-state index contributed by atoms with van der Waals surface area (Å²) in [6.07, 6.45) is 3.89. The van der Waals surface area contributed by atoms with Crippen LogP contribution in [0.4, 0.5) is 0 Å². The summed E-state index contributed by atoms with van der Waals surface area (Å²) < 4.78 is 7.67. The molecule has 2 aliphatic rings. The van der Waals surface area contributed by atoms with Gasteiger partial charge in [0.05, 0.1) is 6.54 Å². The molecule has 0 saturated heterocycles. The first-order chi connectivity index (χ1) is 6.84. The summed E-state index contributed by atoms with van der Waals surface area (Å²) in [5, 5.41) is 0. The predicted octanol–water partition coefficient (Wildman–Crippen LogP) is 1.68. The van der Waals surface area contributed by atoms with E-state index in [0.717, 1.165) is 31.4 Å². The lowest BCUT2D eigenvalue weighted by atomic mass is 10.1. The van der Waals surface area contributed by atoms with E-state index in [-0.39, 0.29) is 6.04 Å². The molecule has 0 bridgehead atoms. The van der Waals surface area contributed by atoms with Crippen molar-refractivity contribution >= 4 is 0 Å². The summed E-state index contributed by atoms with van der Waals surface area (Å²) in [5.74, 6) is 1.88. The Balaban J connectivity index is 1.80. The van der Waals surface area contributed by atoms with Crippen molar-refractivity contribution in [1.82, 2.24) is 4.57 Å². The monoisotopic (exact) mass is 192 g/mol. The molecule has 3 nitrogen and oxygen atoms in total. The first-order valence-electron chi connectivity index (χ1n) is 5.42. The molecule has 0 aromatic carbocycles. The van der Waals surface area contributed by atoms with Gasteiger partial charge in [0.25, 0.3) is 0 Å². The van der Waals surface area contributed by atoms with Crippen LogP contribution in [0.5, 0.6) is 5.88 Å². The molecular formula is C11H16N2O. The van der Waals surface area contributed by atoms with E-state index < -0.39 is 0 Å². The molecule has 0 spiro atoms. The van der Waals surface area contributed by atoms with Gasteiger partial charge in [-0.15, -0.1) is 0 Å². The van der Waals surface area contributed by atoms with Crippen LogP contribution in [0.2, 0.25) is 0 Å². The minimum atomic E-state index is 0.206. The summed E-state index contributed by atoms with van der Waals surface area (Å²) in [7, 11) is 0. The van der Waals surface area contributed by atoms with Gasteiger partial charge in [0.1, 0.15) is 6.61 Å². The van der Waals surface area contributed by atoms with Gasteiger partial charge < -0.3 is 15.0 Å². The second-order valence-electron chi connectivity index (χ2n) is 4.38.